The third-order valence-electron chi connectivity index (χ3n) is 4.90. The van der Waals surface area contributed by atoms with Crippen LogP contribution in [-0.2, 0) is 6.54 Å². The SMILES string of the molecule is CNc1ccc(C(=O)N2CCN(Cc3cc(OC)cc(OC)c3)CC2)cc1. The van der Waals surface area contributed by atoms with Crippen LogP contribution in [-0.4, -0.2) is 63.2 Å². The maximum Gasteiger partial charge on any atom is 0.253 e. The molecule has 1 amide bonds. The molecule has 0 spiro atoms. The molecule has 0 atom stereocenters. The first-order chi connectivity index (χ1) is 13.1. The van der Waals surface area contributed by atoms with E-state index in [9.17, 15) is 4.79 Å². The number of ether oxygens (including phenoxy) is 2. The molecule has 1 saturated heterocycles. The third-order valence-corrected chi connectivity index (χ3v) is 4.90. The van der Waals surface area contributed by atoms with Crippen LogP contribution in [0.2, 0.25) is 0 Å². The summed E-state index contributed by atoms with van der Waals surface area (Å²) in [5.41, 5.74) is 2.89. The van der Waals surface area contributed by atoms with Gasteiger partial charge in [-0.05, 0) is 42.0 Å². The summed E-state index contributed by atoms with van der Waals surface area (Å²) >= 11 is 0. The Kier molecular flexibility index (Phi) is 6.19. The van der Waals surface area contributed by atoms with Gasteiger partial charge in [-0.3, -0.25) is 9.69 Å². The Bertz CT molecular complexity index is 746. The first kappa shape index (κ1) is 19.0. The van der Waals surface area contributed by atoms with Gasteiger partial charge in [0, 0.05) is 57.1 Å². The number of methoxy groups -OCH3 is 2. The van der Waals surface area contributed by atoms with Gasteiger partial charge in [-0.15, -0.1) is 0 Å². The summed E-state index contributed by atoms with van der Waals surface area (Å²) in [6.07, 6.45) is 0. The van der Waals surface area contributed by atoms with Gasteiger partial charge in [0.05, 0.1) is 14.2 Å². The van der Waals surface area contributed by atoms with Gasteiger partial charge in [-0.25, -0.2) is 0 Å². The number of carbonyl (C=O) groups is 1. The number of piperazine rings is 1. The van der Waals surface area contributed by atoms with Crippen molar-refractivity contribution >= 4 is 11.6 Å². The van der Waals surface area contributed by atoms with E-state index < -0.39 is 0 Å². The molecule has 1 fully saturated rings. The van der Waals surface area contributed by atoms with Gasteiger partial charge in [0.15, 0.2) is 0 Å². The smallest absolute Gasteiger partial charge is 0.253 e. The minimum absolute atomic E-state index is 0.0975. The van der Waals surface area contributed by atoms with Gasteiger partial charge in [0.1, 0.15) is 11.5 Å². The Morgan fingerprint density at radius 2 is 1.56 bits per heavy atom. The molecule has 2 aromatic carbocycles. The van der Waals surface area contributed by atoms with Crippen molar-refractivity contribution in [2.24, 2.45) is 0 Å². The fourth-order valence-electron chi connectivity index (χ4n) is 3.29. The lowest BCUT2D eigenvalue weighted by Gasteiger charge is -2.35. The van der Waals surface area contributed by atoms with Crippen LogP contribution in [0, 0.1) is 0 Å². The van der Waals surface area contributed by atoms with Gasteiger partial charge in [0.2, 0.25) is 0 Å². The average molecular weight is 369 g/mol. The van der Waals surface area contributed by atoms with E-state index in [-0.39, 0.29) is 5.91 Å². The standard InChI is InChI=1S/C21H27N3O3/c1-22-18-6-4-17(5-7-18)21(25)24-10-8-23(9-11-24)15-16-12-19(26-2)14-20(13-16)27-3/h4-7,12-14,22H,8-11,15H2,1-3H3. The topological polar surface area (TPSA) is 54.0 Å². The van der Waals surface area contributed by atoms with Crippen molar-refractivity contribution < 1.29 is 14.3 Å². The number of carbonyl (C=O) groups excluding carboxylic acids is 1. The van der Waals surface area contributed by atoms with Crippen LogP contribution in [0.3, 0.4) is 0 Å². The maximum absolute atomic E-state index is 12.7. The number of hydrogen-bond acceptors (Lipinski definition) is 5. The summed E-state index contributed by atoms with van der Waals surface area (Å²) in [5.74, 6) is 1.69. The second kappa shape index (κ2) is 8.77. The second-order valence-corrected chi connectivity index (χ2v) is 6.62. The molecule has 2 aromatic rings. The fraction of sp³-hybridized carbons (Fsp3) is 0.381. The first-order valence-corrected chi connectivity index (χ1v) is 9.14. The number of nitrogens with one attached hydrogen (secondary N) is 1. The molecule has 6 heteroatoms. The molecule has 1 N–H and O–H groups in total. The lowest BCUT2D eigenvalue weighted by Crippen LogP contribution is -2.48. The molecule has 6 nitrogen and oxygen atoms in total. The van der Waals surface area contributed by atoms with E-state index >= 15 is 0 Å². The van der Waals surface area contributed by atoms with Crippen LogP contribution in [0.15, 0.2) is 42.5 Å². The molecule has 144 valence electrons. The van der Waals surface area contributed by atoms with Crippen molar-refractivity contribution in [1.82, 2.24) is 9.80 Å². The van der Waals surface area contributed by atoms with Crippen LogP contribution in [0.1, 0.15) is 15.9 Å². The van der Waals surface area contributed by atoms with E-state index in [1.807, 2.05) is 54.4 Å². The number of anilines is 1. The summed E-state index contributed by atoms with van der Waals surface area (Å²) in [4.78, 5) is 17.0. The summed E-state index contributed by atoms with van der Waals surface area (Å²) in [6, 6.07) is 13.6. The van der Waals surface area contributed by atoms with Crippen LogP contribution < -0.4 is 14.8 Å². The largest absolute Gasteiger partial charge is 0.497 e. The minimum atomic E-state index is 0.0975. The Morgan fingerprint density at radius 3 is 2.07 bits per heavy atom. The van der Waals surface area contributed by atoms with Gasteiger partial charge in [0.25, 0.3) is 5.91 Å². The molecule has 0 aliphatic carbocycles. The normalized spacial score (nSPS) is 14.7. The van der Waals surface area contributed by atoms with Crippen LogP contribution in [0.5, 0.6) is 11.5 Å². The van der Waals surface area contributed by atoms with Crippen molar-refractivity contribution in [3.8, 4) is 11.5 Å². The number of hydrogen-bond donors (Lipinski definition) is 1. The van der Waals surface area contributed by atoms with Gasteiger partial charge in [-0.1, -0.05) is 0 Å². The van der Waals surface area contributed by atoms with Crippen LogP contribution >= 0.6 is 0 Å². The quantitative estimate of drug-likeness (QED) is 0.849. The molecule has 1 heterocycles. The molecule has 1 aliphatic rings. The molecule has 1 aliphatic heterocycles. The highest BCUT2D eigenvalue weighted by Gasteiger charge is 2.22. The highest BCUT2D eigenvalue weighted by molar-refractivity contribution is 5.94. The van der Waals surface area contributed by atoms with Gasteiger partial charge < -0.3 is 19.7 Å². The van der Waals surface area contributed by atoms with E-state index in [4.69, 9.17) is 9.47 Å². The van der Waals surface area contributed by atoms with Crippen LogP contribution in [0.25, 0.3) is 0 Å². The maximum atomic E-state index is 12.7. The monoisotopic (exact) mass is 369 g/mol. The Balaban J connectivity index is 1.57. The molecule has 27 heavy (non-hydrogen) atoms. The fourth-order valence-corrected chi connectivity index (χ4v) is 3.29. The Labute approximate surface area is 160 Å². The average Bonchev–Trinajstić information content (AvgIpc) is 2.73. The van der Waals surface area contributed by atoms with Crippen molar-refractivity contribution in [1.29, 1.82) is 0 Å². The number of rotatable bonds is 6. The number of nitrogens with zero attached hydrogens (tertiary/aromatic N) is 2. The summed E-state index contributed by atoms with van der Waals surface area (Å²) in [5, 5.41) is 3.07. The molecule has 0 aromatic heterocycles. The van der Waals surface area contributed by atoms with Gasteiger partial charge >= 0.3 is 0 Å². The third kappa shape index (κ3) is 4.71. The molecule has 3 rings (SSSR count). The Morgan fingerprint density at radius 1 is 0.963 bits per heavy atom. The van der Waals surface area contributed by atoms with Crippen molar-refractivity contribution in [3.63, 3.8) is 0 Å². The van der Waals surface area contributed by atoms with Crippen LogP contribution in [0.4, 0.5) is 5.69 Å². The molecule has 0 radical (unpaired) electrons. The van der Waals surface area contributed by atoms with Gasteiger partial charge in [-0.2, -0.15) is 0 Å². The predicted molar refractivity (Wildman–Crippen MR) is 107 cm³/mol. The molecular weight excluding hydrogens is 342 g/mol. The summed E-state index contributed by atoms with van der Waals surface area (Å²) in [7, 11) is 5.19. The molecule has 0 saturated carbocycles. The van der Waals surface area contributed by atoms with Crippen molar-refractivity contribution in [2.45, 2.75) is 6.54 Å². The van der Waals surface area contributed by atoms with Crippen molar-refractivity contribution in [2.75, 3.05) is 52.8 Å². The van der Waals surface area contributed by atoms with Crippen molar-refractivity contribution in [3.05, 3.63) is 53.6 Å². The highest BCUT2D eigenvalue weighted by atomic mass is 16.5. The van der Waals surface area contributed by atoms with E-state index in [2.05, 4.69) is 10.2 Å². The predicted octanol–water partition coefficient (Wildman–Crippen LogP) is 2.70. The zero-order valence-electron chi connectivity index (χ0n) is 16.2. The van der Waals surface area contributed by atoms with E-state index in [0.717, 1.165) is 61.0 Å². The lowest BCUT2D eigenvalue weighted by molar-refractivity contribution is 0.0628. The van der Waals surface area contributed by atoms with E-state index in [1.165, 1.54) is 0 Å². The molecule has 0 bridgehead atoms. The molecular formula is C21H27N3O3. The number of amides is 1. The van der Waals surface area contributed by atoms with E-state index in [0.29, 0.717) is 0 Å². The first-order valence-electron chi connectivity index (χ1n) is 9.14. The molecule has 0 unspecified atom stereocenters. The lowest BCUT2D eigenvalue weighted by atomic mass is 10.1. The Hall–Kier alpha value is -2.73. The summed E-state index contributed by atoms with van der Waals surface area (Å²) in [6.45, 7) is 3.97. The van der Waals surface area contributed by atoms with E-state index in [1.54, 1.807) is 14.2 Å². The number of benzene rings is 2. The highest BCUT2D eigenvalue weighted by Crippen LogP contribution is 2.24. The second-order valence-electron chi connectivity index (χ2n) is 6.62. The summed E-state index contributed by atoms with van der Waals surface area (Å²) < 4.78 is 10.7. The zero-order chi connectivity index (χ0) is 19.2. The minimum Gasteiger partial charge on any atom is -0.497 e. The zero-order valence-corrected chi connectivity index (χ0v) is 16.2.